The summed E-state index contributed by atoms with van der Waals surface area (Å²) in [5.74, 6) is -4.34. The van der Waals surface area contributed by atoms with Crippen LogP contribution in [0, 0.1) is 25.7 Å². The monoisotopic (exact) mass is 1080 g/mol. The van der Waals surface area contributed by atoms with E-state index in [0.29, 0.717) is 81.9 Å². The lowest BCUT2D eigenvalue weighted by Gasteiger charge is -2.35. The van der Waals surface area contributed by atoms with Crippen molar-refractivity contribution in [2.75, 3.05) is 54.4 Å². The number of amides is 1. The average Bonchev–Trinajstić information content (AvgIpc) is 3.38. The lowest BCUT2D eigenvalue weighted by Crippen LogP contribution is -2.53. The first kappa shape index (κ1) is 65.8. The van der Waals surface area contributed by atoms with E-state index in [1.807, 2.05) is 48.8 Å². The van der Waals surface area contributed by atoms with Gasteiger partial charge in [-0.15, -0.1) is 0 Å². The molecule has 1 amide bonds. The van der Waals surface area contributed by atoms with Crippen LogP contribution in [0.1, 0.15) is 155 Å². The number of esters is 4. The Morgan fingerprint density at radius 3 is 1.74 bits per heavy atom. The predicted molar refractivity (Wildman–Crippen MR) is 297 cm³/mol. The molecule has 2 heterocycles. The number of H-pyrrole nitrogens is 1. The van der Waals surface area contributed by atoms with Crippen molar-refractivity contribution in [3.8, 4) is 11.5 Å². The zero-order chi connectivity index (χ0) is 57.1. The molecule has 1 aromatic rings. The number of hydrogen-bond acceptors (Lipinski definition) is 18. The van der Waals surface area contributed by atoms with Crippen molar-refractivity contribution in [3.63, 3.8) is 0 Å². The maximum atomic E-state index is 14.8. The van der Waals surface area contributed by atoms with Gasteiger partial charge < -0.3 is 54.8 Å². The molecule has 1 aromatic carbocycles. The van der Waals surface area contributed by atoms with E-state index in [1.165, 1.54) is 4.57 Å². The number of carbonyl (C=O) groups is 5. The highest BCUT2D eigenvalue weighted by Gasteiger charge is 2.43. The molecule has 21 nitrogen and oxygen atoms in total. The van der Waals surface area contributed by atoms with Crippen LogP contribution in [0.25, 0.3) is 22.6 Å². The van der Waals surface area contributed by atoms with Gasteiger partial charge in [0.05, 0.1) is 29.4 Å². The number of benzene rings is 1. The average molecular weight is 1080 g/mol. The number of aromatic nitrogens is 4. The zero-order valence-electron chi connectivity index (χ0n) is 48.3. The standard InChI is InChI=1S/C56H93N9O12/c1-13-16-17-18-25-38(14-2)51(68)75-45(35-73-52(69)41(28-21-24-31-59-11)62-55(72)77-56(6,7)8)47(76-53(70)40(60-12)27-20-23-30-58-10)44(74-50(67)39(15-3)26-19-22-29-57-9)34-65-43-33-37(5)36(4)32-42(43)61-46-48(65)63-54(71)64-49(46)66/h32-33,38-41,44-45,47,57-60H,13-31,34-35H2,1-12H3,(H,62,72)(H,64,66,71). The Labute approximate surface area is 455 Å². The van der Waals surface area contributed by atoms with Gasteiger partial charge in [-0.2, -0.15) is 4.98 Å². The van der Waals surface area contributed by atoms with Gasteiger partial charge in [0, 0.05) is 0 Å². The summed E-state index contributed by atoms with van der Waals surface area (Å²) < 4.78 is 32.9. The van der Waals surface area contributed by atoms with E-state index >= 15 is 0 Å². The van der Waals surface area contributed by atoms with Crippen molar-refractivity contribution in [1.29, 1.82) is 0 Å². The molecule has 3 rings (SSSR count). The number of nitrogens with zero attached hydrogens (tertiary/aromatic N) is 3. The molecule has 434 valence electrons. The number of unbranched alkanes of at least 4 members (excludes halogenated alkanes) is 6. The molecule has 0 radical (unpaired) electrons. The summed E-state index contributed by atoms with van der Waals surface area (Å²) >= 11 is 0. The van der Waals surface area contributed by atoms with Gasteiger partial charge in [-0.3, -0.25) is 24.2 Å². The smallest absolute Gasteiger partial charge is 0.408 e. The number of aryl methyl sites for hydroxylation is 2. The summed E-state index contributed by atoms with van der Waals surface area (Å²) in [6.07, 6.45) is 4.03. The highest BCUT2D eigenvalue weighted by Crippen LogP contribution is 2.29. The van der Waals surface area contributed by atoms with E-state index in [4.69, 9.17) is 23.7 Å². The molecule has 2 aliphatic rings. The minimum atomic E-state index is -1.71. The summed E-state index contributed by atoms with van der Waals surface area (Å²) in [5, 5.41) is 15.1. The van der Waals surface area contributed by atoms with Crippen LogP contribution >= 0.6 is 0 Å². The molecule has 0 aromatic heterocycles. The fraction of sp³-hybridized carbons (Fsp3) is 0.732. The van der Waals surface area contributed by atoms with Crippen molar-refractivity contribution in [2.24, 2.45) is 11.8 Å². The minimum absolute atomic E-state index is 0.148. The first-order valence-electron chi connectivity index (χ1n) is 28.1. The van der Waals surface area contributed by atoms with Crippen LogP contribution in [0.2, 0.25) is 0 Å². The number of aromatic amines is 1. The number of likely N-dealkylation sites (N-methyl/N-ethyl adjacent to an activating group) is 1. The van der Waals surface area contributed by atoms with Gasteiger partial charge in [0.25, 0.3) is 5.56 Å². The van der Waals surface area contributed by atoms with E-state index in [2.05, 4.69) is 48.5 Å². The lowest BCUT2D eigenvalue weighted by molar-refractivity contribution is -0.197. The fourth-order valence-electron chi connectivity index (χ4n) is 9.05. The SMILES string of the molecule is CCCCCCC(CC)C(=O)OC(COC(=O)C(CCCCNC)NC(=O)OC(C)(C)C)C(OC(=O)C(CCCCNC)NC)C(Cn1c2nc(=O)[nH]c(=O)c-2nc2cc(C)c(C)cc21)OC(=O)C(CC)CCCCNC. The molecule has 2 aliphatic heterocycles. The van der Waals surface area contributed by atoms with Gasteiger partial charge >= 0.3 is 35.7 Å². The van der Waals surface area contributed by atoms with Crippen molar-refractivity contribution in [1.82, 2.24) is 46.1 Å². The lowest BCUT2D eigenvalue weighted by atomic mass is 9.97. The third-order valence-corrected chi connectivity index (χ3v) is 13.7. The number of nitrogens with one attached hydrogen (secondary N) is 6. The topological polar surface area (TPSA) is 272 Å². The second-order valence-electron chi connectivity index (χ2n) is 21.1. The maximum absolute atomic E-state index is 14.8. The number of ether oxygens (including phenoxy) is 5. The van der Waals surface area contributed by atoms with Gasteiger partial charge in [-0.25, -0.2) is 19.4 Å². The van der Waals surface area contributed by atoms with Crippen LogP contribution in [0.15, 0.2) is 21.7 Å². The molecule has 7 atom stereocenters. The van der Waals surface area contributed by atoms with Crippen molar-refractivity contribution < 1.29 is 47.7 Å². The first-order valence-corrected chi connectivity index (χ1v) is 28.1. The number of fused-ring (bicyclic) bond motifs is 2. The van der Waals surface area contributed by atoms with Crippen LogP contribution in [-0.2, 0) is 49.4 Å². The number of hydrogen-bond donors (Lipinski definition) is 6. The molecular weight excluding hydrogens is 991 g/mol. The highest BCUT2D eigenvalue weighted by atomic mass is 16.6. The highest BCUT2D eigenvalue weighted by molar-refractivity contribution is 5.82. The van der Waals surface area contributed by atoms with E-state index in [-0.39, 0.29) is 17.9 Å². The molecule has 0 aliphatic carbocycles. The summed E-state index contributed by atoms with van der Waals surface area (Å²) in [6, 6.07) is 1.48. The van der Waals surface area contributed by atoms with Crippen LogP contribution in [0.4, 0.5) is 4.79 Å². The summed E-state index contributed by atoms with van der Waals surface area (Å²) in [6.45, 7) is 15.6. The van der Waals surface area contributed by atoms with Gasteiger partial charge in [-0.05, 0) is 170 Å². The third-order valence-electron chi connectivity index (χ3n) is 13.7. The van der Waals surface area contributed by atoms with Crippen LogP contribution in [0.5, 0.6) is 0 Å². The summed E-state index contributed by atoms with van der Waals surface area (Å²) in [5.41, 5.74) is -0.418. The van der Waals surface area contributed by atoms with Crippen LogP contribution in [-0.4, -0.2) is 140 Å². The Kier molecular flexibility index (Phi) is 29.4. The molecule has 0 spiro atoms. The Balaban J connectivity index is 2.44. The fourth-order valence-corrected chi connectivity index (χ4v) is 9.05. The molecule has 0 bridgehead atoms. The zero-order valence-corrected chi connectivity index (χ0v) is 48.3. The predicted octanol–water partition coefficient (Wildman–Crippen LogP) is 6.15. The minimum Gasteiger partial charge on any atom is -0.460 e. The van der Waals surface area contributed by atoms with Gasteiger partial charge in [0.2, 0.25) is 0 Å². The summed E-state index contributed by atoms with van der Waals surface area (Å²) in [4.78, 5) is 110. The third kappa shape index (κ3) is 22.0. The molecule has 7 unspecified atom stereocenters. The second kappa shape index (κ2) is 34.4. The maximum Gasteiger partial charge on any atom is 0.408 e. The van der Waals surface area contributed by atoms with Crippen LogP contribution in [0.3, 0.4) is 0 Å². The normalized spacial score (nSPS) is 14.5. The second-order valence-corrected chi connectivity index (χ2v) is 21.1. The summed E-state index contributed by atoms with van der Waals surface area (Å²) in [7, 11) is 7.11. The van der Waals surface area contributed by atoms with Gasteiger partial charge in [0.1, 0.15) is 24.3 Å². The largest absolute Gasteiger partial charge is 0.460 e. The Hall–Kier alpha value is -5.51. The molecular formula is C56H93N9O12. The Morgan fingerprint density at radius 1 is 0.649 bits per heavy atom. The molecule has 0 saturated heterocycles. The van der Waals surface area contributed by atoms with Gasteiger partial charge in [-0.1, -0.05) is 59.3 Å². The quantitative estimate of drug-likeness (QED) is 0.0163. The van der Waals surface area contributed by atoms with E-state index < -0.39 is 102 Å². The number of rotatable bonds is 37. The van der Waals surface area contributed by atoms with Crippen molar-refractivity contribution in [2.45, 2.75) is 201 Å². The number of alkyl carbamates (subject to hydrolysis) is 1. The van der Waals surface area contributed by atoms with Gasteiger partial charge in [0.15, 0.2) is 29.8 Å². The van der Waals surface area contributed by atoms with Crippen LogP contribution < -0.4 is 37.8 Å². The van der Waals surface area contributed by atoms with E-state index in [0.717, 1.165) is 56.2 Å². The molecule has 21 heteroatoms. The van der Waals surface area contributed by atoms with Crippen molar-refractivity contribution >= 4 is 41.0 Å². The van der Waals surface area contributed by atoms with Crippen molar-refractivity contribution in [3.05, 3.63) is 44.1 Å². The number of carbonyl (C=O) groups excluding carboxylic acids is 5. The Morgan fingerprint density at radius 2 is 1.19 bits per heavy atom. The molecule has 0 fully saturated rings. The molecule has 0 saturated carbocycles. The Bertz CT molecular complexity index is 2390. The molecule has 6 N–H and O–H groups in total. The first-order chi connectivity index (χ1) is 36.7. The van der Waals surface area contributed by atoms with E-state index in [1.54, 1.807) is 40.0 Å². The van der Waals surface area contributed by atoms with E-state index in [9.17, 15) is 33.6 Å². The molecule has 77 heavy (non-hydrogen) atoms.